The van der Waals surface area contributed by atoms with Crippen LogP contribution in [0.25, 0.3) is 0 Å². The summed E-state index contributed by atoms with van der Waals surface area (Å²) in [5, 5.41) is 2.73. The Hall–Kier alpha value is -2.82. The van der Waals surface area contributed by atoms with E-state index in [2.05, 4.69) is 52.9 Å². The molecule has 0 aliphatic rings. The molecule has 0 unspecified atom stereocenters. The fourth-order valence-corrected chi connectivity index (χ4v) is 2.86. The molecular weight excluding hydrogens is 378 g/mol. The molecule has 0 aliphatic heterocycles. The molecule has 162 valence electrons. The highest BCUT2D eigenvalue weighted by atomic mass is 16.5. The van der Waals surface area contributed by atoms with Crippen LogP contribution in [0.2, 0.25) is 0 Å². The zero-order chi connectivity index (χ0) is 22.5. The van der Waals surface area contributed by atoms with Gasteiger partial charge < -0.3 is 14.8 Å². The Morgan fingerprint density at radius 1 is 0.900 bits per heavy atom. The highest BCUT2D eigenvalue weighted by Crippen LogP contribution is 2.30. The normalized spacial score (nSPS) is 11.7. The number of rotatable bonds is 6. The van der Waals surface area contributed by atoms with Gasteiger partial charge in [-0.1, -0.05) is 59.7 Å². The van der Waals surface area contributed by atoms with E-state index in [1.54, 1.807) is 18.2 Å². The number of nitrogens with one attached hydrogen (secondary N) is 1. The van der Waals surface area contributed by atoms with Crippen molar-refractivity contribution in [2.45, 2.75) is 59.3 Å². The van der Waals surface area contributed by atoms with Gasteiger partial charge in [0.05, 0.1) is 17.9 Å². The van der Waals surface area contributed by atoms with Crippen molar-refractivity contribution in [1.82, 2.24) is 0 Å². The van der Waals surface area contributed by atoms with E-state index in [-0.39, 0.29) is 17.4 Å². The largest absolute Gasteiger partial charge is 0.492 e. The predicted molar refractivity (Wildman–Crippen MR) is 120 cm³/mol. The monoisotopic (exact) mass is 411 g/mol. The van der Waals surface area contributed by atoms with Crippen molar-refractivity contribution in [3.05, 3.63) is 59.2 Å². The number of amides is 1. The van der Waals surface area contributed by atoms with Crippen molar-refractivity contribution in [2.24, 2.45) is 0 Å². The van der Waals surface area contributed by atoms with Gasteiger partial charge in [0.2, 0.25) is 0 Å². The quantitative estimate of drug-likeness (QED) is 0.640. The summed E-state index contributed by atoms with van der Waals surface area (Å²) in [6.45, 7) is 14.6. The molecule has 1 N–H and O–H groups in total. The Morgan fingerprint density at radius 3 is 2.00 bits per heavy atom. The number of hydrogen-bond donors (Lipinski definition) is 1. The average molecular weight is 412 g/mol. The van der Waals surface area contributed by atoms with E-state index in [0.29, 0.717) is 23.6 Å². The summed E-state index contributed by atoms with van der Waals surface area (Å²) >= 11 is 0. The van der Waals surface area contributed by atoms with E-state index in [1.807, 2.05) is 25.1 Å². The first-order chi connectivity index (χ1) is 13.9. The van der Waals surface area contributed by atoms with Crippen LogP contribution in [0.15, 0.2) is 42.5 Å². The van der Waals surface area contributed by atoms with Crippen LogP contribution in [0.3, 0.4) is 0 Å². The summed E-state index contributed by atoms with van der Waals surface area (Å²) in [6, 6.07) is 13.0. The SMILES string of the molecule is CCOc1ccccc1NC(=O)COC(=O)c1cc(C(C)(C)C)cc(C(C)(C)C)c1. The van der Waals surface area contributed by atoms with Gasteiger partial charge in [0.15, 0.2) is 6.61 Å². The topological polar surface area (TPSA) is 64.6 Å². The third-order valence-electron chi connectivity index (χ3n) is 4.70. The van der Waals surface area contributed by atoms with Gasteiger partial charge in [-0.15, -0.1) is 0 Å². The molecule has 0 heterocycles. The zero-order valence-corrected chi connectivity index (χ0v) is 19.1. The second-order valence-corrected chi connectivity index (χ2v) is 9.35. The summed E-state index contributed by atoms with van der Waals surface area (Å²) in [4.78, 5) is 25.0. The first-order valence-corrected chi connectivity index (χ1v) is 10.3. The van der Waals surface area contributed by atoms with Gasteiger partial charge in [-0.25, -0.2) is 4.79 Å². The van der Waals surface area contributed by atoms with Gasteiger partial charge in [0, 0.05) is 0 Å². The number of hydrogen-bond acceptors (Lipinski definition) is 4. The summed E-state index contributed by atoms with van der Waals surface area (Å²) in [6.07, 6.45) is 0. The molecule has 0 radical (unpaired) electrons. The third-order valence-corrected chi connectivity index (χ3v) is 4.70. The molecule has 5 nitrogen and oxygen atoms in total. The lowest BCUT2D eigenvalue weighted by Gasteiger charge is -2.25. The van der Waals surface area contributed by atoms with Crippen molar-refractivity contribution >= 4 is 17.6 Å². The Labute approximate surface area is 179 Å². The van der Waals surface area contributed by atoms with Crippen LogP contribution in [0.5, 0.6) is 5.75 Å². The van der Waals surface area contributed by atoms with Gasteiger partial charge in [-0.3, -0.25) is 4.79 Å². The maximum atomic E-state index is 12.7. The standard InChI is InChI=1S/C25H33NO4/c1-8-29-21-12-10-9-11-20(21)26-22(27)16-30-23(28)17-13-18(24(2,3)4)15-19(14-17)25(5,6)7/h9-15H,8,16H2,1-7H3,(H,26,27). The molecule has 1 amide bonds. The highest BCUT2D eigenvalue weighted by Gasteiger charge is 2.23. The Bertz CT molecular complexity index is 872. The predicted octanol–water partition coefficient (Wildman–Crippen LogP) is 5.48. The summed E-state index contributed by atoms with van der Waals surface area (Å²) in [5.74, 6) is -0.356. The third kappa shape index (κ3) is 6.34. The minimum Gasteiger partial charge on any atom is -0.492 e. The molecule has 30 heavy (non-hydrogen) atoms. The van der Waals surface area contributed by atoms with Crippen molar-refractivity contribution in [2.75, 3.05) is 18.5 Å². The van der Waals surface area contributed by atoms with Gasteiger partial charge in [0.1, 0.15) is 5.75 Å². The Morgan fingerprint density at radius 2 is 1.47 bits per heavy atom. The van der Waals surface area contributed by atoms with Gasteiger partial charge >= 0.3 is 5.97 Å². The van der Waals surface area contributed by atoms with E-state index in [1.165, 1.54) is 0 Å². The molecule has 0 aliphatic carbocycles. The molecule has 0 atom stereocenters. The second kappa shape index (κ2) is 9.33. The molecule has 0 aromatic heterocycles. The van der Waals surface area contributed by atoms with Crippen molar-refractivity contribution < 1.29 is 19.1 Å². The van der Waals surface area contributed by atoms with Crippen LogP contribution < -0.4 is 10.1 Å². The highest BCUT2D eigenvalue weighted by molar-refractivity contribution is 5.96. The van der Waals surface area contributed by atoms with E-state index in [0.717, 1.165) is 11.1 Å². The Balaban J connectivity index is 2.13. The lowest BCUT2D eigenvalue weighted by atomic mass is 9.79. The Kier molecular flexibility index (Phi) is 7.30. The number of carbonyl (C=O) groups excluding carboxylic acids is 2. The van der Waals surface area contributed by atoms with E-state index in [9.17, 15) is 9.59 Å². The smallest absolute Gasteiger partial charge is 0.338 e. The number of anilines is 1. The summed E-state index contributed by atoms with van der Waals surface area (Å²) < 4.78 is 10.8. The van der Waals surface area contributed by atoms with Crippen LogP contribution in [0.4, 0.5) is 5.69 Å². The molecule has 2 rings (SSSR count). The van der Waals surface area contributed by atoms with Crippen LogP contribution in [0, 0.1) is 0 Å². The fraction of sp³-hybridized carbons (Fsp3) is 0.440. The molecule has 2 aromatic carbocycles. The molecule has 0 saturated heterocycles. The van der Waals surface area contributed by atoms with Crippen molar-refractivity contribution in [1.29, 1.82) is 0 Å². The van der Waals surface area contributed by atoms with Crippen LogP contribution in [-0.4, -0.2) is 25.1 Å². The minimum atomic E-state index is -0.514. The molecule has 0 saturated carbocycles. The number of esters is 1. The van der Waals surface area contributed by atoms with Crippen LogP contribution in [-0.2, 0) is 20.4 Å². The second-order valence-electron chi connectivity index (χ2n) is 9.35. The van der Waals surface area contributed by atoms with Crippen LogP contribution >= 0.6 is 0 Å². The van der Waals surface area contributed by atoms with Gasteiger partial charge in [-0.05, 0) is 53.1 Å². The zero-order valence-electron chi connectivity index (χ0n) is 19.1. The first-order valence-electron chi connectivity index (χ1n) is 10.3. The lowest BCUT2D eigenvalue weighted by molar-refractivity contribution is -0.119. The molecule has 2 aromatic rings. The minimum absolute atomic E-state index is 0.114. The van der Waals surface area contributed by atoms with E-state index >= 15 is 0 Å². The number of para-hydroxylation sites is 2. The average Bonchev–Trinajstić information content (AvgIpc) is 2.66. The molecule has 0 fully saturated rings. The number of carbonyl (C=O) groups is 2. The van der Waals surface area contributed by atoms with Crippen LogP contribution in [0.1, 0.15) is 70.0 Å². The maximum Gasteiger partial charge on any atom is 0.338 e. The van der Waals surface area contributed by atoms with Gasteiger partial charge in [0.25, 0.3) is 5.91 Å². The number of benzene rings is 2. The lowest BCUT2D eigenvalue weighted by Crippen LogP contribution is -2.22. The molecule has 0 bridgehead atoms. The summed E-state index contributed by atoms with van der Waals surface area (Å²) in [5.41, 5.74) is 2.88. The van der Waals surface area contributed by atoms with Crippen molar-refractivity contribution in [3.8, 4) is 5.75 Å². The summed E-state index contributed by atoms with van der Waals surface area (Å²) in [7, 11) is 0. The molecule has 5 heteroatoms. The van der Waals surface area contributed by atoms with E-state index < -0.39 is 11.9 Å². The molecule has 0 spiro atoms. The van der Waals surface area contributed by atoms with Crippen molar-refractivity contribution in [3.63, 3.8) is 0 Å². The first kappa shape index (κ1) is 23.5. The maximum absolute atomic E-state index is 12.7. The molecular formula is C25H33NO4. The van der Waals surface area contributed by atoms with Gasteiger partial charge in [-0.2, -0.15) is 0 Å². The fourth-order valence-electron chi connectivity index (χ4n) is 2.86. The van der Waals surface area contributed by atoms with E-state index in [4.69, 9.17) is 9.47 Å². The number of ether oxygens (including phenoxy) is 2.